The quantitative estimate of drug-likeness (QED) is 0.621. The molecule has 1 fully saturated rings. The molecule has 1 atom stereocenters. The van der Waals surface area contributed by atoms with E-state index in [1.165, 1.54) is 30.5 Å². The van der Waals surface area contributed by atoms with Gasteiger partial charge in [-0.25, -0.2) is 9.18 Å². The molecule has 1 aromatic carbocycles. The maximum absolute atomic E-state index is 14.2. The summed E-state index contributed by atoms with van der Waals surface area (Å²) in [5, 5.41) is 8.11. The van der Waals surface area contributed by atoms with Crippen LogP contribution in [-0.4, -0.2) is 55.2 Å². The van der Waals surface area contributed by atoms with Crippen molar-refractivity contribution in [2.75, 3.05) is 43.5 Å². The van der Waals surface area contributed by atoms with Gasteiger partial charge in [0.05, 0.1) is 30.7 Å². The molecule has 3 rings (SSSR count). The fourth-order valence-electron chi connectivity index (χ4n) is 3.52. The summed E-state index contributed by atoms with van der Waals surface area (Å²) in [5.74, 6) is -0.659. The number of hydrogen-bond donors (Lipinski definition) is 3. The second-order valence-corrected chi connectivity index (χ2v) is 7.80. The van der Waals surface area contributed by atoms with E-state index in [1.807, 2.05) is 0 Å². The molecular weight excluding hydrogens is 403 g/mol. The molecule has 31 heavy (non-hydrogen) atoms. The summed E-state index contributed by atoms with van der Waals surface area (Å²) in [5.41, 5.74) is 0.459. The van der Waals surface area contributed by atoms with Crippen LogP contribution in [0.3, 0.4) is 0 Å². The lowest BCUT2D eigenvalue weighted by atomic mass is 9.95. The Hall–Kier alpha value is -2.91. The van der Waals surface area contributed by atoms with Crippen LogP contribution < -0.4 is 16.0 Å². The van der Waals surface area contributed by atoms with E-state index >= 15 is 0 Å². The first-order chi connectivity index (χ1) is 14.8. The van der Waals surface area contributed by atoms with Crippen molar-refractivity contribution in [3.8, 4) is 0 Å². The molecule has 168 valence electrons. The molecule has 0 radical (unpaired) electrons. The van der Waals surface area contributed by atoms with Gasteiger partial charge in [-0.05, 0) is 44.5 Å². The van der Waals surface area contributed by atoms with Gasteiger partial charge in [-0.3, -0.25) is 9.69 Å². The molecule has 1 aliphatic heterocycles. The number of morpholine rings is 1. The zero-order valence-corrected chi connectivity index (χ0v) is 18.1. The molecule has 2 aromatic rings. The van der Waals surface area contributed by atoms with Crippen LogP contribution in [0.1, 0.15) is 36.4 Å². The van der Waals surface area contributed by atoms with E-state index in [0.717, 1.165) is 19.5 Å². The monoisotopic (exact) mass is 432 g/mol. The Kier molecular flexibility index (Phi) is 7.29. The highest BCUT2D eigenvalue weighted by atomic mass is 19.1. The molecular formula is C22H29FN4O4. The fourth-order valence-corrected chi connectivity index (χ4v) is 3.52. The van der Waals surface area contributed by atoms with Crippen LogP contribution in [0.4, 0.5) is 20.6 Å². The molecule has 3 amide bonds. The Morgan fingerprint density at radius 2 is 1.94 bits per heavy atom. The van der Waals surface area contributed by atoms with Crippen molar-refractivity contribution in [3.05, 3.63) is 47.7 Å². The van der Waals surface area contributed by atoms with Gasteiger partial charge in [0.1, 0.15) is 11.6 Å². The Labute approximate surface area is 181 Å². The van der Waals surface area contributed by atoms with Crippen LogP contribution >= 0.6 is 0 Å². The number of anilines is 2. The second kappa shape index (κ2) is 9.93. The summed E-state index contributed by atoms with van der Waals surface area (Å²) in [6, 6.07) is 5.12. The minimum absolute atomic E-state index is 0.0323. The third kappa shape index (κ3) is 5.62. The highest BCUT2D eigenvalue weighted by Gasteiger charge is 2.31. The minimum atomic E-state index is -0.605. The first kappa shape index (κ1) is 22.8. The first-order valence-corrected chi connectivity index (χ1v) is 10.3. The average Bonchev–Trinajstić information content (AvgIpc) is 3.21. The van der Waals surface area contributed by atoms with Crippen LogP contribution in [-0.2, 0) is 4.74 Å². The molecule has 0 saturated carbocycles. The van der Waals surface area contributed by atoms with E-state index in [1.54, 1.807) is 6.92 Å². The molecule has 0 aliphatic carbocycles. The molecule has 1 saturated heterocycles. The van der Waals surface area contributed by atoms with E-state index in [2.05, 4.69) is 34.7 Å². The number of amides is 3. The SMILES string of the molecule is CCC(C)(CNC(=O)Nc1ccc(F)c(NC(=O)c2ccoc2C)c1)N1CCOCC1. The fraction of sp³-hybridized carbons (Fsp3) is 0.455. The Balaban J connectivity index is 1.60. The topological polar surface area (TPSA) is 95.8 Å². The van der Waals surface area contributed by atoms with Crippen molar-refractivity contribution in [3.63, 3.8) is 0 Å². The first-order valence-electron chi connectivity index (χ1n) is 10.3. The lowest BCUT2D eigenvalue weighted by molar-refractivity contribution is -0.0163. The van der Waals surface area contributed by atoms with Crippen LogP contribution in [0.2, 0.25) is 0 Å². The van der Waals surface area contributed by atoms with Crippen molar-refractivity contribution < 1.29 is 23.1 Å². The van der Waals surface area contributed by atoms with Crippen LogP contribution in [0, 0.1) is 12.7 Å². The van der Waals surface area contributed by atoms with E-state index in [4.69, 9.17) is 9.15 Å². The highest BCUT2D eigenvalue weighted by Crippen LogP contribution is 2.22. The van der Waals surface area contributed by atoms with Gasteiger partial charge < -0.3 is 25.1 Å². The molecule has 9 heteroatoms. The number of furan rings is 1. The van der Waals surface area contributed by atoms with Gasteiger partial charge in [-0.1, -0.05) is 6.92 Å². The minimum Gasteiger partial charge on any atom is -0.469 e. The number of carbonyl (C=O) groups excluding carboxylic acids is 2. The van der Waals surface area contributed by atoms with Gasteiger partial charge in [0.15, 0.2) is 0 Å². The Morgan fingerprint density at radius 1 is 1.19 bits per heavy atom. The standard InChI is InChI=1S/C22H29FN4O4/c1-4-22(3,27-8-11-30-12-9-27)14-24-21(29)25-16-5-6-18(23)19(13-16)26-20(28)17-7-10-31-15(17)2/h5-7,10,13H,4,8-9,11-12,14H2,1-3H3,(H,26,28)(H2,24,25,29). The van der Waals surface area contributed by atoms with E-state index in [-0.39, 0.29) is 11.2 Å². The lowest BCUT2D eigenvalue weighted by Gasteiger charge is -2.43. The van der Waals surface area contributed by atoms with Gasteiger partial charge in [0, 0.05) is 30.9 Å². The van der Waals surface area contributed by atoms with E-state index in [0.29, 0.717) is 36.8 Å². The van der Waals surface area contributed by atoms with Crippen molar-refractivity contribution in [1.29, 1.82) is 0 Å². The molecule has 1 aromatic heterocycles. The number of ether oxygens (including phenoxy) is 1. The summed E-state index contributed by atoms with van der Waals surface area (Å²) in [6.45, 7) is 9.33. The van der Waals surface area contributed by atoms with Gasteiger partial charge in [0.25, 0.3) is 5.91 Å². The van der Waals surface area contributed by atoms with Gasteiger partial charge in [-0.15, -0.1) is 0 Å². The molecule has 8 nitrogen and oxygen atoms in total. The predicted molar refractivity (Wildman–Crippen MR) is 116 cm³/mol. The van der Waals surface area contributed by atoms with Crippen molar-refractivity contribution in [2.45, 2.75) is 32.7 Å². The summed E-state index contributed by atoms with van der Waals surface area (Å²) >= 11 is 0. The molecule has 0 spiro atoms. The van der Waals surface area contributed by atoms with E-state index < -0.39 is 17.8 Å². The average molecular weight is 432 g/mol. The van der Waals surface area contributed by atoms with Gasteiger partial charge in [-0.2, -0.15) is 0 Å². The molecule has 3 N–H and O–H groups in total. The highest BCUT2D eigenvalue weighted by molar-refractivity contribution is 6.05. The number of rotatable bonds is 7. The lowest BCUT2D eigenvalue weighted by Crippen LogP contribution is -2.57. The van der Waals surface area contributed by atoms with Gasteiger partial charge >= 0.3 is 6.03 Å². The molecule has 0 bridgehead atoms. The summed E-state index contributed by atoms with van der Waals surface area (Å²) in [4.78, 5) is 27.1. The number of benzene rings is 1. The summed E-state index contributed by atoms with van der Waals surface area (Å²) < 4.78 is 24.7. The number of halogens is 1. The zero-order chi connectivity index (χ0) is 22.4. The van der Waals surface area contributed by atoms with E-state index in [9.17, 15) is 14.0 Å². The third-order valence-electron chi connectivity index (χ3n) is 5.74. The zero-order valence-electron chi connectivity index (χ0n) is 18.1. The Bertz CT molecular complexity index is 926. The van der Waals surface area contributed by atoms with Crippen LogP contribution in [0.5, 0.6) is 0 Å². The number of nitrogens with one attached hydrogen (secondary N) is 3. The molecule has 2 heterocycles. The van der Waals surface area contributed by atoms with Gasteiger partial charge in [0.2, 0.25) is 0 Å². The smallest absolute Gasteiger partial charge is 0.319 e. The molecule has 1 aliphatic rings. The maximum Gasteiger partial charge on any atom is 0.319 e. The number of hydrogen-bond acceptors (Lipinski definition) is 5. The normalized spacial score (nSPS) is 16.4. The van der Waals surface area contributed by atoms with Crippen molar-refractivity contribution in [2.24, 2.45) is 0 Å². The summed E-state index contributed by atoms with van der Waals surface area (Å²) in [6.07, 6.45) is 2.26. The second-order valence-electron chi connectivity index (χ2n) is 7.80. The van der Waals surface area contributed by atoms with Crippen LogP contribution in [0.15, 0.2) is 34.9 Å². The number of carbonyl (C=O) groups is 2. The van der Waals surface area contributed by atoms with Crippen LogP contribution in [0.25, 0.3) is 0 Å². The number of aryl methyl sites for hydroxylation is 1. The summed E-state index contributed by atoms with van der Waals surface area (Å²) in [7, 11) is 0. The molecule has 1 unspecified atom stereocenters. The Morgan fingerprint density at radius 3 is 2.58 bits per heavy atom. The van der Waals surface area contributed by atoms with Crippen molar-refractivity contribution >= 4 is 23.3 Å². The maximum atomic E-state index is 14.2. The third-order valence-corrected chi connectivity index (χ3v) is 5.74. The largest absolute Gasteiger partial charge is 0.469 e. The number of urea groups is 1. The number of nitrogens with zero attached hydrogens (tertiary/aromatic N) is 1. The van der Waals surface area contributed by atoms with Crippen molar-refractivity contribution in [1.82, 2.24) is 10.2 Å². The predicted octanol–water partition coefficient (Wildman–Crippen LogP) is 3.60.